The first kappa shape index (κ1) is 14.4. The van der Waals surface area contributed by atoms with Crippen molar-refractivity contribution in [3.05, 3.63) is 46.3 Å². The minimum Gasteiger partial charge on any atom is -0.451 e. The molecule has 0 spiro atoms. The molecule has 2 aliphatic heterocycles. The summed E-state index contributed by atoms with van der Waals surface area (Å²) >= 11 is 0. The highest BCUT2D eigenvalue weighted by molar-refractivity contribution is 5.99. The van der Waals surface area contributed by atoms with Crippen molar-refractivity contribution in [1.82, 2.24) is 9.80 Å². The lowest BCUT2D eigenvalue weighted by molar-refractivity contribution is -0.129. The van der Waals surface area contributed by atoms with Crippen molar-refractivity contribution in [2.24, 2.45) is 0 Å². The van der Waals surface area contributed by atoms with E-state index in [1.54, 1.807) is 24.3 Å². The topological polar surface area (TPSA) is 97.1 Å². The summed E-state index contributed by atoms with van der Waals surface area (Å²) in [6, 6.07) is 7.43. The van der Waals surface area contributed by atoms with Gasteiger partial charge >= 0.3 is 6.09 Å². The summed E-state index contributed by atoms with van der Waals surface area (Å²) in [7, 11) is 0. The SMILES string of the molecule is O=C(c1cc(=O)c2ccccc2o1)N1CC(N2C(=O)COC2=O)C1. The fourth-order valence-electron chi connectivity index (χ4n) is 2.87. The molecule has 2 aliphatic rings. The molecule has 1 aromatic carbocycles. The second kappa shape index (κ2) is 5.19. The molecule has 8 nitrogen and oxygen atoms in total. The van der Waals surface area contributed by atoms with Gasteiger partial charge in [-0.3, -0.25) is 14.4 Å². The third-order valence-corrected chi connectivity index (χ3v) is 4.14. The molecule has 0 radical (unpaired) electrons. The molecule has 0 atom stereocenters. The molecular formula is C16H12N2O6. The fourth-order valence-corrected chi connectivity index (χ4v) is 2.87. The van der Waals surface area contributed by atoms with Crippen LogP contribution in [0.3, 0.4) is 0 Å². The average Bonchev–Trinajstić information content (AvgIpc) is 2.85. The van der Waals surface area contributed by atoms with E-state index in [0.717, 1.165) is 11.0 Å². The Hall–Kier alpha value is -3.16. The molecule has 0 saturated carbocycles. The number of cyclic esters (lactones) is 1. The van der Waals surface area contributed by atoms with E-state index in [1.807, 2.05) is 0 Å². The molecule has 8 heteroatoms. The Balaban J connectivity index is 1.53. The number of hydrogen-bond acceptors (Lipinski definition) is 6. The highest BCUT2D eigenvalue weighted by Gasteiger charge is 2.44. The maximum absolute atomic E-state index is 12.4. The van der Waals surface area contributed by atoms with Crippen LogP contribution in [0.4, 0.5) is 4.79 Å². The normalized spacial score (nSPS) is 18.0. The van der Waals surface area contributed by atoms with Gasteiger partial charge in [0.2, 0.25) is 0 Å². The van der Waals surface area contributed by atoms with Crippen LogP contribution in [0.2, 0.25) is 0 Å². The van der Waals surface area contributed by atoms with Crippen LogP contribution in [0.15, 0.2) is 39.5 Å². The van der Waals surface area contributed by atoms with Gasteiger partial charge in [-0.2, -0.15) is 0 Å². The van der Waals surface area contributed by atoms with E-state index >= 15 is 0 Å². The van der Waals surface area contributed by atoms with Gasteiger partial charge in [-0.1, -0.05) is 12.1 Å². The minimum atomic E-state index is -0.686. The minimum absolute atomic E-state index is 0.0625. The van der Waals surface area contributed by atoms with Gasteiger partial charge in [0.25, 0.3) is 11.8 Å². The van der Waals surface area contributed by atoms with Gasteiger partial charge in [-0.15, -0.1) is 0 Å². The van der Waals surface area contributed by atoms with E-state index in [-0.39, 0.29) is 30.9 Å². The van der Waals surface area contributed by atoms with Crippen molar-refractivity contribution < 1.29 is 23.5 Å². The van der Waals surface area contributed by atoms with Crippen LogP contribution in [-0.4, -0.2) is 53.4 Å². The van der Waals surface area contributed by atoms with Gasteiger partial charge in [-0.05, 0) is 12.1 Å². The number of hydrogen-bond donors (Lipinski definition) is 0. The number of fused-ring (bicyclic) bond motifs is 1. The van der Waals surface area contributed by atoms with Gasteiger partial charge in [0.05, 0.1) is 11.4 Å². The molecule has 2 saturated heterocycles. The van der Waals surface area contributed by atoms with Crippen molar-refractivity contribution in [3.8, 4) is 0 Å². The fraction of sp³-hybridized carbons (Fsp3) is 0.250. The van der Waals surface area contributed by atoms with E-state index in [4.69, 9.17) is 4.42 Å². The number of likely N-dealkylation sites (tertiary alicyclic amines) is 1. The van der Waals surface area contributed by atoms with Crippen LogP contribution in [0, 0.1) is 0 Å². The smallest absolute Gasteiger partial charge is 0.417 e. The molecular weight excluding hydrogens is 316 g/mol. The van der Waals surface area contributed by atoms with Crippen molar-refractivity contribution in [2.75, 3.05) is 19.7 Å². The van der Waals surface area contributed by atoms with Crippen molar-refractivity contribution in [3.63, 3.8) is 0 Å². The lowest BCUT2D eigenvalue weighted by Crippen LogP contribution is -2.62. The first-order chi connectivity index (χ1) is 11.5. The van der Waals surface area contributed by atoms with E-state index in [2.05, 4.69) is 4.74 Å². The second-order valence-electron chi connectivity index (χ2n) is 5.65. The van der Waals surface area contributed by atoms with Crippen molar-refractivity contribution >= 4 is 28.9 Å². The molecule has 2 fully saturated rings. The Bertz CT molecular complexity index is 912. The van der Waals surface area contributed by atoms with Crippen LogP contribution in [0.5, 0.6) is 0 Å². The largest absolute Gasteiger partial charge is 0.451 e. The number of carbonyl (C=O) groups is 3. The second-order valence-corrected chi connectivity index (χ2v) is 5.65. The predicted octanol–water partition coefficient (Wildman–Crippen LogP) is 0.596. The Morgan fingerprint density at radius 3 is 2.58 bits per heavy atom. The Kier molecular flexibility index (Phi) is 3.12. The summed E-state index contributed by atoms with van der Waals surface area (Å²) in [6.45, 7) is 0.120. The van der Waals surface area contributed by atoms with Gasteiger partial charge in [0, 0.05) is 19.2 Å². The van der Waals surface area contributed by atoms with Crippen LogP contribution >= 0.6 is 0 Å². The van der Waals surface area contributed by atoms with Crippen molar-refractivity contribution in [2.45, 2.75) is 6.04 Å². The molecule has 3 amide bonds. The average molecular weight is 328 g/mol. The standard InChI is InChI=1S/C16H12N2O6/c19-11-5-13(24-12-4-2-1-3-10(11)12)15(21)17-6-9(7-17)18-14(20)8-23-16(18)22/h1-5,9H,6-8H2. The van der Waals surface area contributed by atoms with Crippen LogP contribution in [0.1, 0.15) is 10.6 Å². The lowest BCUT2D eigenvalue weighted by Gasteiger charge is -2.41. The number of nitrogens with zero attached hydrogens (tertiary/aromatic N) is 2. The summed E-state index contributed by atoms with van der Waals surface area (Å²) in [4.78, 5) is 50.0. The van der Waals surface area contributed by atoms with Crippen LogP contribution in [-0.2, 0) is 9.53 Å². The van der Waals surface area contributed by atoms with Crippen LogP contribution < -0.4 is 5.43 Å². The number of ether oxygens (including phenoxy) is 1. The van der Waals surface area contributed by atoms with Gasteiger partial charge < -0.3 is 14.1 Å². The number of amides is 3. The molecule has 122 valence electrons. The quantitative estimate of drug-likeness (QED) is 0.800. The predicted molar refractivity (Wildman–Crippen MR) is 80.4 cm³/mol. The molecule has 0 bridgehead atoms. The summed E-state index contributed by atoms with van der Waals surface area (Å²) in [5.74, 6) is -0.920. The zero-order chi connectivity index (χ0) is 16.8. The molecule has 0 aliphatic carbocycles. The van der Waals surface area contributed by atoms with Crippen molar-refractivity contribution in [1.29, 1.82) is 0 Å². The Labute approximate surface area is 135 Å². The van der Waals surface area contributed by atoms with Gasteiger partial charge in [-0.25, -0.2) is 9.69 Å². The van der Waals surface area contributed by atoms with E-state index < -0.39 is 23.9 Å². The number of imide groups is 1. The number of rotatable bonds is 2. The summed E-state index contributed by atoms with van der Waals surface area (Å²) in [5.41, 5.74) is 0.0410. The van der Waals surface area contributed by atoms with Gasteiger partial charge in [0.15, 0.2) is 17.8 Å². The molecule has 2 aromatic rings. The monoisotopic (exact) mass is 328 g/mol. The molecule has 1 aromatic heterocycles. The first-order valence-electron chi connectivity index (χ1n) is 7.35. The van der Waals surface area contributed by atoms with Crippen LogP contribution in [0.25, 0.3) is 11.0 Å². The van der Waals surface area contributed by atoms with E-state index in [1.165, 1.54) is 4.90 Å². The Morgan fingerprint density at radius 1 is 1.12 bits per heavy atom. The first-order valence-corrected chi connectivity index (χ1v) is 7.35. The zero-order valence-electron chi connectivity index (χ0n) is 12.4. The molecule has 0 unspecified atom stereocenters. The van der Waals surface area contributed by atoms with Gasteiger partial charge in [0.1, 0.15) is 5.58 Å². The summed E-state index contributed by atoms with van der Waals surface area (Å²) in [5, 5.41) is 0.404. The number of benzene rings is 1. The zero-order valence-corrected chi connectivity index (χ0v) is 12.4. The number of carbonyl (C=O) groups excluding carboxylic acids is 3. The number of para-hydroxylation sites is 1. The van der Waals surface area contributed by atoms with E-state index in [0.29, 0.717) is 11.0 Å². The third kappa shape index (κ3) is 2.15. The summed E-state index contributed by atoms with van der Waals surface area (Å²) in [6.07, 6.45) is -0.686. The molecule has 4 rings (SSSR count). The van der Waals surface area contributed by atoms with E-state index in [9.17, 15) is 19.2 Å². The Morgan fingerprint density at radius 2 is 1.88 bits per heavy atom. The maximum Gasteiger partial charge on any atom is 0.417 e. The third-order valence-electron chi connectivity index (χ3n) is 4.14. The molecule has 24 heavy (non-hydrogen) atoms. The maximum atomic E-state index is 12.4. The summed E-state index contributed by atoms with van der Waals surface area (Å²) < 4.78 is 10.2. The highest BCUT2D eigenvalue weighted by atomic mass is 16.6. The molecule has 0 N–H and O–H groups in total. The highest BCUT2D eigenvalue weighted by Crippen LogP contribution is 2.22. The molecule has 3 heterocycles. The lowest BCUT2D eigenvalue weighted by atomic mass is 10.1.